The van der Waals surface area contributed by atoms with Gasteiger partial charge in [0.1, 0.15) is 5.02 Å². The Kier molecular flexibility index (Phi) is 2.79. The zero-order valence-corrected chi connectivity index (χ0v) is 11.0. The van der Waals surface area contributed by atoms with E-state index >= 15 is 0 Å². The summed E-state index contributed by atoms with van der Waals surface area (Å²) >= 11 is 12.1. The summed E-state index contributed by atoms with van der Waals surface area (Å²) in [5.41, 5.74) is 0.933. The van der Waals surface area contributed by atoms with Gasteiger partial charge in [-0.3, -0.25) is 4.68 Å². The fraction of sp³-hybridized carbons (Fsp3) is 0.182. The lowest BCUT2D eigenvalue weighted by Gasteiger charge is -2.03. The van der Waals surface area contributed by atoms with Crippen molar-refractivity contribution in [2.45, 2.75) is 6.61 Å². The fourth-order valence-corrected chi connectivity index (χ4v) is 2.34. The molecule has 0 N–H and O–H groups in total. The lowest BCUT2D eigenvalue weighted by atomic mass is 10.1. The Morgan fingerprint density at radius 3 is 2.68 bits per heavy atom. The van der Waals surface area contributed by atoms with Crippen LogP contribution in [0.2, 0.25) is 10.0 Å². The van der Waals surface area contributed by atoms with E-state index in [9.17, 15) is 8.78 Å². The molecule has 8 heteroatoms. The molecule has 1 aromatic carbocycles. The van der Waals surface area contributed by atoms with Gasteiger partial charge < -0.3 is 9.47 Å². The first-order valence-electron chi connectivity index (χ1n) is 5.16. The van der Waals surface area contributed by atoms with Gasteiger partial charge in [0.05, 0.1) is 10.7 Å². The minimum atomic E-state index is -2.99. The molecule has 2 aromatic rings. The highest BCUT2D eigenvalue weighted by molar-refractivity contribution is 6.37. The van der Waals surface area contributed by atoms with Gasteiger partial charge in [0, 0.05) is 18.7 Å². The lowest BCUT2D eigenvalue weighted by molar-refractivity contribution is -0.0530. The zero-order valence-electron chi connectivity index (χ0n) is 9.45. The van der Waals surface area contributed by atoms with Crippen LogP contribution in [-0.4, -0.2) is 16.4 Å². The number of alkyl halides is 2. The molecular formula is C11H6Cl2F2N2O2. The quantitative estimate of drug-likeness (QED) is 0.684. The SMILES string of the molecule is Cn1nc(OC(F)F)c(Cl)c1-c1cc2c(cc1Cl)O2. The Balaban J connectivity index is 2.10. The van der Waals surface area contributed by atoms with Gasteiger partial charge >= 0.3 is 6.61 Å². The van der Waals surface area contributed by atoms with Gasteiger partial charge in [-0.05, 0) is 6.07 Å². The molecule has 0 aliphatic carbocycles. The molecular weight excluding hydrogens is 301 g/mol. The van der Waals surface area contributed by atoms with Crippen molar-refractivity contribution < 1.29 is 18.3 Å². The molecule has 0 atom stereocenters. The number of benzene rings is 1. The maximum Gasteiger partial charge on any atom is 0.388 e. The number of hydrogen-bond acceptors (Lipinski definition) is 3. The average molecular weight is 307 g/mol. The summed E-state index contributed by atoms with van der Waals surface area (Å²) in [6, 6.07) is 3.30. The van der Waals surface area contributed by atoms with Gasteiger partial charge in [-0.25, -0.2) is 0 Å². The summed E-state index contributed by atoms with van der Waals surface area (Å²) < 4.78 is 35.1. The third-order valence-corrected chi connectivity index (χ3v) is 3.28. The third kappa shape index (κ3) is 2.11. The van der Waals surface area contributed by atoms with Crippen molar-refractivity contribution in [2.24, 2.45) is 7.05 Å². The van der Waals surface area contributed by atoms with Gasteiger partial charge in [-0.15, -0.1) is 5.10 Å². The van der Waals surface area contributed by atoms with Crippen LogP contribution in [0.15, 0.2) is 12.1 Å². The highest BCUT2D eigenvalue weighted by atomic mass is 35.5. The van der Waals surface area contributed by atoms with Crippen molar-refractivity contribution in [1.29, 1.82) is 0 Å². The van der Waals surface area contributed by atoms with Crippen LogP contribution < -0.4 is 9.47 Å². The Hall–Kier alpha value is -1.53. The number of halogens is 4. The third-order valence-electron chi connectivity index (χ3n) is 2.63. The zero-order chi connectivity index (χ0) is 13.7. The monoisotopic (exact) mass is 306 g/mol. The summed E-state index contributed by atoms with van der Waals surface area (Å²) in [5.74, 6) is 1.03. The molecule has 0 unspecified atom stereocenters. The molecule has 1 aliphatic heterocycles. The van der Waals surface area contributed by atoms with Crippen molar-refractivity contribution >= 4 is 23.2 Å². The summed E-state index contributed by atoms with van der Waals surface area (Å²) in [5, 5.41) is 4.17. The Bertz CT molecular complexity index is 673. The van der Waals surface area contributed by atoms with Crippen LogP contribution in [0.3, 0.4) is 0 Å². The van der Waals surface area contributed by atoms with Crippen LogP contribution >= 0.6 is 23.2 Å². The standard InChI is InChI=1S/C11H6Cl2F2N2O2/c1-17-9(8(13)10(16-17)19-11(14)15)4-2-6-7(18-6)3-5(4)12/h2-3,11H,1H3. The Labute approximate surface area is 116 Å². The van der Waals surface area contributed by atoms with Crippen LogP contribution in [0, 0.1) is 0 Å². The van der Waals surface area contributed by atoms with Gasteiger partial charge in [-0.1, -0.05) is 23.2 Å². The molecule has 1 aromatic heterocycles. The summed E-state index contributed by atoms with van der Waals surface area (Å²) in [6.45, 7) is -2.99. The highest BCUT2D eigenvalue weighted by Gasteiger charge is 2.27. The second kappa shape index (κ2) is 4.25. The van der Waals surface area contributed by atoms with Crippen molar-refractivity contribution in [3.8, 4) is 28.6 Å². The number of fused-ring (bicyclic) bond motifs is 1. The summed E-state index contributed by atoms with van der Waals surface area (Å²) in [7, 11) is 1.56. The van der Waals surface area contributed by atoms with E-state index in [1.165, 1.54) is 4.68 Å². The van der Waals surface area contributed by atoms with E-state index in [1.54, 1.807) is 19.2 Å². The molecule has 100 valence electrons. The molecule has 0 radical (unpaired) electrons. The molecule has 3 rings (SSSR count). The van der Waals surface area contributed by atoms with Crippen LogP contribution in [-0.2, 0) is 7.05 Å². The Morgan fingerprint density at radius 1 is 1.32 bits per heavy atom. The van der Waals surface area contributed by atoms with Crippen LogP contribution in [0.4, 0.5) is 8.78 Å². The predicted molar refractivity (Wildman–Crippen MR) is 65.4 cm³/mol. The summed E-state index contributed by atoms with van der Waals surface area (Å²) in [4.78, 5) is 0. The maximum atomic E-state index is 12.2. The fourth-order valence-electron chi connectivity index (χ4n) is 1.79. The minimum absolute atomic E-state index is 0.0229. The molecule has 0 saturated heterocycles. The van der Waals surface area contributed by atoms with Crippen molar-refractivity contribution in [3.63, 3.8) is 0 Å². The highest BCUT2D eigenvalue weighted by Crippen LogP contribution is 2.51. The topological polar surface area (TPSA) is 39.6 Å². The Morgan fingerprint density at radius 2 is 2.00 bits per heavy atom. The molecule has 0 bridgehead atoms. The second-order valence-electron chi connectivity index (χ2n) is 3.85. The minimum Gasteiger partial charge on any atom is -0.449 e. The van der Waals surface area contributed by atoms with E-state index in [4.69, 9.17) is 27.9 Å². The van der Waals surface area contributed by atoms with E-state index in [2.05, 4.69) is 9.84 Å². The van der Waals surface area contributed by atoms with Gasteiger partial charge in [-0.2, -0.15) is 8.78 Å². The first kappa shape index (κ1) is 12.5. The molecule has 0 spiro atoms. The number of rotatable bonds is 3. The number of hydrogen-bond donors (Lipinski definition) is 0. The predicted octanol–water partition coefficient (Wildman–Crippen LogP) is 4.10. The normalized spacial score (nSPS) is 12.3. The molecule has 1 aliphatic rings. The first-order valence-corrected chi connectivity index (χ1v) is 5.92. The maximum absolute atomic E-state index is 12.2. The molecule has 0 amide bonds. The first-order chi connectivity index (χ1) is 8.97. The van der Waals surface area contributed by atoms with E-state index in [1.807, 2.05) is 0 Å². The molecule has 0 fully saturated rings. The number of nitrogens with zero attached hydrogens (tertiary/aromatic N) is 2. The van der Waals surface area contributed by atoms with Crippen molar-refractivity contribution in [3.05, 3.63) is 22.2 Å². The number of ether oxygens (including phenoxy) is 2. The van der Waals surface area contributed by atoms with Crippen LogP contribution in [0.25, 0.3) is 11.3 Å². The van der Waals surface area contributed by atoms with E-state index in [0.29, 0.717) is 27.8 Å². The largest absolute Gasteiger partial charge is 0.449 e. The molecule has 19 heavy (non-hydrogen) atoms. The molecule has 4 nitrogen and oxygen atoms in total. The average Bonchev–Trinajstić information content (AvgIpc) is 2.99. The smallest absolute Gasteiger partial charge is 0.388 e. The summed E-state index contributed by atoms with van der Waals surface area (Å²) in [6.07, 6.45) is 0. The lowest BCUT2D eigenvalue weighted by Crippen LogP contribution is -2.03. The van der Waals surface area contributed by atoms with E-state index in [-0.39, 0.29) is 10.9 Å². The van der Waals surface area contributed by atoms with E-state index < -0.39 is 6.61 Å². The molecule has 2 heterocycles. The second-order valence-corrected chi connectivity index (χ2v) is 4.64. The number of aromatic nitrogens is 2. The van der Waals surface area contributed by atoms with Gasteiger partial charge in [0.15, 0.2) is 11.5 Å². The van der Waals surface area contributed by atoms with Crippen molar-refractivity contribution in [2.75, 3.05) is 0 Å². The van der Waals surface area contributed by atoms with Gasteiger partial charge in [0.2, 0.25) is 0 Å². The van der Waals surface area contributed by atoms with Crippen LogP contribution in [0.1, 0.15) is 0 Å². The van der Waals surface area contributed by atoms with Gasteiger partial charge in [0.25, 0.3) is 5.88 Å². The van der Waals surface area contributed by atoms with Crippen LogP contribution in [0.5, 0.6) is 17.4 Å². The molecule has 0 saturated carbocycles. The van der Waals surface area contributed by atoms with Crippen molar-refractivity contribution in [1.82, 2.24) is 9.78 Å². The number of aryl methyl sites for hydroxylation is 1. The van der Waals surface area contributed by atoms with E-state index in [0.717, 1.165) is 0 Å².